The van der Waals surface area contributed by atoms with Crippen LogP contribution in [0.1, 0.15) is 12.0 Å². The first-order chi connectivity index (χ1) is 17.4. The number of methoxy groups -OCH3 is 1. The third-order valence-electron chi connectivity index (χ3n) is 6.64. The Labute approximate surface area is 216 Å². The fourth-order valence-corrected chi connectivity index (χ4v) is 4.77. The lowest BCUT2D eigenvalue weighted by atomic mass is 10.1. The number of nitrogens with one attached hydrogen (secondary N) is 2. The molecule has 1 atom stereocenters. The second kappa shape index (κ2) is 11.6. The van der Waals surface area contributed by atoms with Gasteiger partial charge in [-0.05, 0) is 36.8 Å². The first-order valence-electron chi connectivity index (χ1n) is 12.1. The van der Waals surface area contributed by atoms with Crippen LogP contribution in [0.4, 0.5) is 11.4 Å². The third kappa shape index (κ3) is 6.09. The van der Waals surface area contributed by atoms with E-state index in [1.165, 1.54) is 4.90 Å². The van der Waals surface area contributed by atoms with Gasteiger partial charge >= 0.3 is 0 Å². The van der Waals surface area contributed by atoms with Crippen molar-refractivity contribution in [3.63, 3.8) is 0 Å². The maximum atomic E-state index is 13.2. The number of nitrogens with zero attached hydrogens (tertiary/aromatic N) is 3. The Morgan fingerprint density at radius 2 is 1.86 bits per heavy atom. The van der Waals surface area contributed by atoms with E-state index in [0.717, 1.165) is 30.1 Å². The van der Waals surface area contributed by atoms with Crippen molar-refractivity contribution in [2.24, 2.45) is 0 Å². The van der Waals surface area contributed by atoms with E-state index in [1.54, 1.807) is 19.2 Å². The highest BCUT2D eigenvalue weighted by Crippen LogP contribution is 2.28. The van der Waals surface area contributed by atoms with E-state index in [0.29, 0.717) is 36.9 Å². The summed E-state index contributed by atoms with van der Waals surface area (Å²) in [6, 6.07) is 12.3. The molecular weight excluding hydrogens is 482 g/mol. The van der Waals surface area contributed by atoms with Gasteiger partial charge in [-0.2, -0.15) is 0 Å². The molecule has 2 heterocycles. The Morgan fingerprint density at radius 1 is 1.11 bits per heavy atom. The number of amides is 3. The van der Waals surface area contributed by atoms with Gasteiger partial charge in [-0.25, -0.2) is 0 Å². The summed E-state index contributed by atoms with van der Waals surface area (Å²) in [7, 11) is 1.66. The molecule has 0 bridgehead atoms. The number of piperazine rings is 2. The van der Waals surface area contributed by atoms with E-state index in [4.69, 9.17) is 16.3 Å². The maximum Gasteiger partial charge on any atom is 0.243 e. The Kier molecular flexibility index (Phi) is 8.32. The number of ether oxygens (including phenoxy) is 1. The molecule has 2 aliphatic rings. The third-order valence-corrected chi connectivity index (χ3v) is 7.05. The van der Waals surface area contributed by atoms with Gasteiger partial charge < -0.3 is 25.2 Å². The van der Waals surface area contributed by atoms with Gasteiger partial charge in [0.05, 0.1) is 25.8 Å². The van der Waals surface area contributed by atoms with Crippen LogP contribution in [-0.4, -0.2) is 86.5 Å². The van der Waals surface area contributed by atoms with Crippen LogP contribution in [-0.2, 0) is 14.4 Å². The number of hydrogen-bond donors (Lipinski definition) is 2. The zero-order chi connectivity index (χ0) is 25.7. The van der Waals surface area contributed by atoms with E-state index in [9.17, 15) is 14.4 Å². The lowest BCUT2D eigenvalue weighted by molar-refractivity contribution is -0.145. The molecule has 2 aromatic rings. The molecule has 2 aliphatic heterocycles. The van der Waals surface area contributed by atoms with Crippen molar-refractivity contribution in [2.45, 2.75) is 19.4 Å². The van der Waals surface area contributed by atoms with Crippen molar-refractivity contribution in [1.29, 1.82) is 0 Å². The number of rotatable bonds is 7. The Hall–Kier alpha value is -3.30. The van der Waals surface area contributed by atoms with Gasteiger partial charge in [0.25, 0.3) is 0 Å². The highest BCUT2D eigenvalue weighted by Gasteiger charge is 2.35. The smallest absolute Gasteiger partial charge is 0.243 e. The Balaban J connectivity index is 1.33. The van der Waals surface area contributed by atoms with Gasteiger partial charge in [-0.1, -0.05) is 29.8 Å². The van der Waals surface area contributed by atoms with Gasteiger partial charge in [-0.3, -0.25) is 19.3 Å². The largest absolute Gasteiger partial charge is 0.495 e. The molecule has 192 valence electrons. The maximum absolute atomic E-state index is 13.2. The van der Waals surface area contributed by atoms with Gasteiger partial charge in [0.2, 0.25) is 17.7 Å². The molecule has 4 rings (SSSR count). The molecule has 2 aromatic carbocycles. The van der Waals surface area contributed by atoms with Crippen LogP contribution < -0.4 is 20.3 Å². The van der Waals surface area contributed by atoms with Crippen LogP contribution in [0.25, 0.3) is 0 Å². The van der Waals surface area contributed by atoms with Crippen LogP contribution in [0, 0.1) is 6.92 Å². The van der Waals surface area contributed by atoms with Crippen LogP contribution in [0.15, 0.2) is 42.5 Å². The van der Waals surface area contributed by atoms with E-state index in [-0.39, 0.29) is 30.7 Å². The minimum Gasteiger partial charge on any atom is -0.495 e. The molecule has 2 N–H and O–H groups in total. The van der Waals surface area contributed by atoms with E-state index >= 15 is 0 Å². The number of aryl methyl sites for hydroxylation is 1. The molecule has 2 fully saturated rings. The number of hydrogen-bond acceptors (Lipinski definition) is 6. The quantitative estimate of drug-likeness (QED) is 0.589. The van der Waals surface area contributed by atoms with E-state index < -0.39 is 6.04 Å². The molecule has 0 radical (unpaired) electrons. The van der Waals surface area contributed by atoms with Gasteiger partial charge in [0, 0.05) is 50.0 Å². The molecule has 0 unspecified atom stereocenters. The molecule has 0 saturated carbocycles. The molecular formula is C26H32ClN5O4. The molecule has 36 heavy (non-hydrogen) atoms. The van der Waals surface area contributed by atoms with Crippen molar-refractivity contribution in [3.05, 3.63) is 53.1 Å². The predicted molar refractivity (Wildman–Crippen MR) is 140 cm³/mol. The molecule has 0 aromatic heterocycles. The first-order valence-corrected chi connectivity index (χ1v) is 12.5. The van der Waals surface area contributed by atoms with Crippen LogP contribution in [0.5, 0.6) is 5.75 Å². The van der Waals surface area contributed by atoms with Crippen LogP contribution in [0.3, 0.4) is 0 Å². The Morgan fingerprint density at radius 3 is 2.58 bits per heavy atom. The van der Waals surface area contributed by atoms with Crippen molar-refractivity contribution in [1.82, 2.24) is 15.1 Å². The fourth-order valence-electron chi connectivity index (χ4n) is 4.59. The monoisotopic (exact) mass is 513 g/mol. The second-order valence-electron chi connectivity index (χ2n) is 9.05. The van der Waals surface area contributed by atoms with Crippen LogP contribution >= 0.6 is 11.6 Å². The van der Waals surface area contributed by atoms with Gasteiger partial charge in [0.1, 0.15) is 11.8 Å². The summed E-state index contributed by atoms with van der Waals surface area (Å²) in [5, 5.41) is 6.10. The summed E-state index contributed by atoms with van der Waals surface area (Å²) in [5.41, 5.74) is 2.50. The van der Waals surface area contributed by atoms with Crippen molar-refractivity contribution in [3.8, 4) is 5.75 Å². The second-order valence-corrected chi connectivity index (χ2v) is 9.45. The lowest BCUT2D eigenvalue weighted by Crippen LogP contribution is -2.60. The average molecular weight is 514 g/mol. The average Bonchev–Trinajstić information content (AvgIpc) is 2.88. The number of carbonyl (C=O) groups is 3. The molecule has 3 amide bonds. The van der Waals surface area contributed by atoms with Crippen molar-refractivity contribution in [2.75, 3.05) is 63.1 Å². The first kappa shape index (κ1) is 25.8. The Bertz CT molecular complexity index is 1120. The molecule has 0 spiro atoms. The predicted octanol–water partition coefficient (Wildman–Crippen LogP) is 2.13. The zero-order valence-corrected chi connectivity index (χ0v) is 21.4. The fraction of sp³-hybridized carbons (Fsp3) is 0.423. The van der Waals surface area contributed by atoms with E-state index in [2.05, 4.69) is 20.4 Å². The summed E-state index contributed by atoms with van der Waals surface area (Å²) in [6.07, 6.45) is -0.120. The number of benzene rings is 2. The number of carbonyl (C=O) groups excluding carboxylic acids is 3. The summed E-state index contributed by atoms with van der Waals surface area (Å²) in [5.74, 6) is 0.0232. The summed E-state index contributed by atoms with van der Waals surface area (Å²) < 4.78 is 5.48. The number of para-hydroxylation sites is 2. The minimum atomic E-state index is -0.845. The van der Waals surface area contributed by atoms with Gasteiger partial charge in [-0.15, -0.1) is 0 Å². The SMILES string of the molecule is COc1ccccc1N1CCN(CC(=O)N2CCNC(=O)[C@H]2CC(=O)Nc2ccc(C)c(Cl)c2)CC1. The lowest BCUT2D eigenvalue weighted by Gasteiger charge is -2.39. The van der Waals surface area contributed by atoms with Crippen LogP contribution in [0.2, 0.25) is 5.02 Å². The summed E-state index contributed by atoms with van der Waals surface area (Å²) in [6.45, 7) is 5.78. The van der Waals surface area contributed by atoms with Gasteiger partial charge in [0.15, 0.2) is 0 Å². The van der Waals surface area contributed by atoms with Crippen molar-refractivity contribution >= 4 is 40.7 Å². The molecule has 2 saturated heterocycles. The zero-order valence-electron chi connectivity index (χ0n) is 20.6. The number of halogens is 1. The van der Waals surface area contributed by atoms with Crippen molar-refractivity contribution < 1.29 is 19.1 Å². The molecule has 10 heteroatoms. The standard InChI is InChI=1S/C26H32ClN5O4/c1-18-7-8-19(15-20(18)27)29-24(33)16-22-26(35)28-9-10-32(22)25(34)17-30-11-13-31(14-12-30)21-5-3-4-6-23(21)36-2/h3-8,15,22H,9-14,16-17H2,1-2H3,(H,28,35)(H,29,33)/t22-/m1/s1. The molecule has 0 aliphatic carbocycles. The highest BCUT2D eigenvalue weighted by atomic mass is 35.5. The summed E-state index contributed by atoms with van der Waals surface area (Å²) >= 11 is 6.15. The molecule has 9 nitrogen and oxygen atoms in total. The summed E-state index contributed by atoms with van der Waals surface area (Å²) in [4.78, 5) is 44.4. The highest BCUT2D eigenvalue weighted by molar-refractivity contribution is 6.31. The topological polar surface area (TPSA) is 94.2 Å². The van der Waals surface area contributed by atoms with E-state index in [1.807, 2.05) is 37.3 Å². The number of anilines is 2. The normalized spacial score (nSPS) is 18.5. The minimum absolute atomic E-state index is 0.120.